The first-order chi connectivity index (χ1) is 14.5. The van der Waals surface area contributed by atoms with Crippen molar-refractivity contribution in [1.82, 2.24) is 5.32 Å². The molecule has 0 bridgehead atoms. The smallest absolute Gasteiger partial charge is 0.260 e. The number of benzene rings is 2. The van der Waals surface area contributed by atoms with E-state index in [0.717, 1.165) is 35.5 Å². The molecule has 2 aliphatic heterocycles. The van der Waals surface area contributed by atoms with E-state index >= 15 is 0 Å². The molecule has 7 heteroatoms. The highest BCUT2D eigenvalue weighted by molar-refractivity contribution is 6.30. The Hall–Kier alpha value is -2.44. The summed E-state index contributed by atoms with van der Waals surface area (Å²) in [5.74, 6) is 2.00. The lowest BCUT2D eigenvalue weighted by atomic mass is 9.74. The zero-order valence-corrected chi connectivity index (χ0v) is 18.0. The Bertz CT molecular complexity index is 926. The molecular weight excluding hydrogens is 406 g/mol. The lowest BCUT2D eigenvalue weighted by molar-refractivity contribution is -0.127. The molecule has 0 spiro atoms. The molecule has 2 heterocycles. The normalized spacial score (nSPS) is 18.0. The maximum absolute atomic E-state index is 12.8. The Morgan fingerprint density at radius 2 is 1.93 bits per heavy atom. The van der Waals surface area contributed by atoms with Crippen LogP contribution in [0.1, 0.15) is 30.9 Å². The molecule has 0 saturated carbocycles. The van der Waals surface area contributed by atoms with Gasteiger partial charge < -0.3 is 24.3 Å². The second-order valence-corrected chi connectivity index (χ2v) is 8.28. The summed E-state index contributed by atoms with van der Waals surface area (Å²) >= 11 is 6.00. The van der Waals surface area contributed by atoms with Crippen molar-refractivity contribution in [1.29, 1.82) is 0 Å². The molecule has 1 amide bonds. The van der Waals surface area contributed by atoms with Crippen LogP contribution in [0.4, 0.5) is 0 Å². The first-order valence-electron chi connectivity index (χ1n) is 10.2. The van der Waals surface area contributed by atoms with Crippen LogP contribution < -0.4 is 19.5 Å². The molecular formula is C23H26ClNO5. The van der Waals surface area contributed by atoms with Crippen molar-refractivity contribution in [3.63, 3.8) is 0 Å². The van der Waals surface area contributed by atoms with E-state index in [0.29, 0.717) is 30.5 Å². The van der Waals surface area contributed by atoms with Gasteiger partial charge in [-0.2, -0.15) is 0 Å². The van der Waals surface area contributed by atoms with Crippen molar-refractivity contribution in [2.24, 2.45) is 0 Å². The fourth-order valence-corrected chi connectivity index (χ4v) is 4.17. The Morgan fingerprint density at radius 3 is 2.70 bits per heavy atom. The summed E-state index contributed by atoms with van der Waals surface area (Å²) in [6, 6.07) is 11.4. The van der Waals surface area contributed by atoms with Crippen LogP contribution in [0, 0.1) is 6.92 Å². The van der Waals surface area contributed by atoms with Gasteiger partial charge in [-0.25, -0.2) is 0 Å². The number of carbonyl (C=O) groups is 1. The molecule has 0 aliphatic carbocycles. The number of carbonyl (C=O) groups excluding carboxylic acids is 1. The van der Waals surface area contributed by atoms with Crippen LogP contribution in [0.15, 0.2) is 36.4 Å². The van der Waals surface area contributed by atoms with Gasteiger partial charge in [-0.05, 0) is 68.1 Å². The van der Waals surface area contributed by atoms with Crippen LogP contribution in [0.3, 0.4) is 0 Å². The van der Waals surface area contributed by atoms with Gasteiger partial charge in [-0.3, -0.25) is 4.79 Å². The van der Waals surface area contributed by atoms with Gasteiger partial charge >= 0.3 is 0 Å². The first kappa shape index (κ1) is 20.8. The molecule has 4 rings (SSSR count). The van der Waals surface area contributed by atoms with Crippen molar-refractivity contribution in [2.45, 2.75) is 38.2 Å². The van der Waals surface area contributed by atoms with Crippen LogP contribution in [0.2, 0.25) is 5.02 Å². The van der Waals surface area contributed by atoms with Crippen LogP contribution in [-0.2, 0) is 14.9 Å². The van der Waals surface area contributed by atoms with Gasteiger partial charge in [-0.1, -0.05) is 17.7 Å². The Morgan fingerprint density at radius 1 is 1.17 bits per heavy atom. The van der Waals surface area contributed by atoms with Gasteiger partial charge in [0.15, 0.2) is 17.6 Å². The predicted octanol–water partition coefficient (Wildman–Crippen LogP) is 4.01. The monoisotopic (exact) mass is 431 g/mol. The minimum atomic E-state index is -0.626. The molecule has 1 fully saturated rings. The summed E-state index contributed by atoms with van der Waals surface area (Å²) in [5, 5.41) is 3.73. The Kier molecular flexibility index (Phi) is 6.06. The summed E-state index contributed by atoms with van der Waals surface area (Å²) in [6.07, 6.45) is 1.01. The fraction of sp³-hybridized carbons (Fsp3) is 0.435. The molecule has 2 aromatic rings. The zero-order valence-electron chi connectivity index (χ0n) is 17.2. The van der Waals surface area contributed by atoms with E-state index in [9.17, 15) is 4.79 Å². The van der Waals surface area contributed by atoms with Crippen molar-refractivity contribution < 1.29 is 23.7 Å². The molecule has 6 nitrogen and oxygen atoms in total. The van der Waals surface area contributed by atoms with Crippen molar-refractivity contribution in [3.8, 4) is 17.2 Å². The number of hydrogen-bond acceptors (Lipinski definition) is 5. The third kappa shape index (κ3) is 4.35. The molecule has 2 aromatic carbocycles. The highest BCUT2D eigenvalue weighted by atomic mass is 35.5. The standard InChI is InChI=1S/C23H26ClNO5/c1-15-11-18(24)4-6-19(15)30-16(2)22(26)25-13-23(7-9-27-10-8-23)17-3-5-20-21(12-17)29-14-28-20/h3-6,11-12,16H,7-10,13-14H2,1-2H3,(H,25,26). The SMILES string of the molecule is Cc1cc(Cl)ccc1OC(C)C(=O)NCC1(c2ccc3c(c2)OCO3)CCOCC1. The molecule has 0 aromatic heterocycles. The summed E-state index contributed by atoms with van der Waals surface area (Å²) in [4.78, 5) is 12.8. The predicted molar refractivity (Wildman–Crippen MR) is 114 cm³/mol. The summed E-state index contributed by atoms with van der Waals surface area (Å²) in [6.45, 7) is 5.70. The average Bonchev–Trinajstić information content (AvgIpc) is 3.22. The third-order valence-corrected chi connectivity index (χ3v) is 6.08. The van der Waals surface area contributed by atoms with E-state index in [4.69, 9.17) is 30.5 Å². The van der Waals surface area contributed by atoms with Gasteiger partial charge in [0, 0.05) is 30.2 Å². The second kappa shape index (κ2) is 8.74. The molecule has 1 atom stereocenters. The zero-order chi connectivity index (χ0) is 21.1. The minimum absolute atomic E-state index is 0.157. The first-order valence-corrected chi connectivity index (χ1v) is 10.5. The lowest BCUT2D eigenvalue weighted by Crippen LogP contribution is -2.47. The van der Waals surface area contributed by atoms with Gasteiger partial charge in [0.1, 0.15) is 5.75 Å². The number of hydrogen-bond donors (Lipinski definition) is 1. The van der Waals surface area contributed by atoms with E-state index in [1.807, 2.05) is 25.1 Å². The number of ether oxygens (including phenoxy) is 4. The third-order valence-electron chi connectivity index (χ3n) is 5.85. The van der Waals surface area contributed by atoms with Crippen LogP contribution in [-0.4, -0.2) is 38.6 Å². The van der Waals surface area contributed by atoms with Crippen molar-refractivity contribution >= 4 is 17.5 Å². The van der Waals surface area contributed by atoms with Gasteiger partial charge in [0.05, 0.1) is 0 Å². The maximum Gasteiger partial charge on any atom is 0.260 e. The Labute approximate surface area is 181 Å². The molecule has 160 valence electrons. The lowest BCUT2D eigenvalue weighted by Gasteiger charge is -2.38. The summed E-state index contributed by atoms with van der Waals surface area (Å²) in [7, 11) is 0. The molecule has 0 radical (unpaired) electrons. The van der Waals surface area contributed by atoms with E-state index in [1.54, 1.807) is 19.1 Å². The molecule has 1 unspecified atom stereocenters. The number of nitrogens with one attached hydrogen (secondary N) is 1. The number of rotatable bonds is 6. The number of amides is 1. The maximum atomic E-state index is 12.8. The van der Waals surface area contributed by atoms with Gasteiger partial charge in [0.25, 0.3) is 5.91 Å². The molecule has 30 heavy (non-hydrogen) atoms. The van der Waals surface area contributed by atoms with Gasteiger partial charge in [-0.15, -0.1) is 0 Å². The highest BCUT2D eigenvalue weighted by Crippen LogP contribution is 2.40. The quantitative estimate of drug-likeness (QED) is 0.748. The molecule has 2 aliphatic rings. The summed E-state index contributed by atoms with van der Waals surface area (Å²) in [5.41, 5.74) is 1.80. The number of aryl methyl sites for hydroxylation is 1. The molecule has 1 saturated heterocycles. The largest absolute Gasteiger partial charge is 0.481 e. The number of halogens is 1. The number of fused-ring (bicyclic) bond motifs is 1. The fourth-order valence-electron chi connectivity index (χ4n) is 3.95. The topological polar surface area (TPSA) is 66.0 Å². The van der Waals surface area contributed by atoms with E-state index in [1.165, 1.54) is 0 Å². The second-order valence-electron chi connectivity index (χ2n) is 7.85. The highest BCUT2D eigenvalue weighted by Gasteiger charge is 2.36. The van der Waals surface area contributed by atoms with Crippen molar-refractivity contribution in [3.05, 3.63) is 52.5 Å². The summed E-state index contributed by atoms with van der Waals surface area (Å²) < 4.78 is 22.4. The van der Waals surface area contributed by atoms with E-state index in [2.05, 4.69) is 11.4 Å². The van der Waals surface area contributed by atoms with E-state index in [-0.39, 0.29) is 18.1 Å². The van der Waals surface area contributed by atoms with Crippen molar-refractivity contribution in [2.75, 3.05) is 26.6 Å². The van der Waals surface area contributed by atoms with Crippen LogP contribution >= 0.6 is 11.6 Å². The minimum Gasteiger partial charge on any atom is -0.481 e. The van der Waals surface area contributed by atoms with Crippen LogP contribution in [0.5, 0.6) is 17.2 Å². The average molecular weight is 432 g/mol. The van der Waals surface area contributed by atoms with Gasteiger partial charge in [0.2, 0.25) is 6.79 Å². The van der Waals surface area contributed by atoms with E-state index < -0.39 is 6.10 Å². The Balaban J connectivity index is 1.45. The van der Waals surface area contributed by atoms with Crippen LogP contribution in [0.25, 0.3) is 0 Å². The molecule has 1 N–H and O–H groups in total.